The lowest BCUT2D eigenvalue weighted by Crippen LogP contribution is -2.48. The van der Waals surface area contributed by atoms with Crippen molar-refractivity contribution in [3.8, 4) is 0 Å². The molecule has 1 amide bonds. The Morgan fingerprint density at radius 1 is 1.42 bits per heavy atom. The monoisotopic (exact) mass is 262 g/mol. The average Bonchev–Trinajstić information content (AvgIpc) is 2.46. The normalized spacial score (nSPS) is 19.2. The number of carbonyl (C=O) groups excluding carboxylic acids is 1. The van der Waals surface area contributed by atoms with E-state index in [4.69, 9.17) is 5.11 Å². The van der Waals surface area contributed by atoms with Crippen LogP contribution in [0.5, 0.6) is 0 Å². The van der Waals surface area contributed by atoms with Crippen LogP contribution in [-0.4, -0.2) is 39.5 Å². The van der Waals surface area contributed by atoms with Crippen LogP contribution in [0.4, 0.5) is 0 Å². The van der Waals surface area contributed by atoms with Crippen LogP contribution < -0.4 is 0 Å². The molecule has 1 aliphatic heterocycles. The second kappa shape index (κ2) is 6.31. The number of aryl methyl sites for hydroxylation is 1. The number of nitrogens with zero attached hydrogens (tertiary/aromatic N) is 2. The molecular weight excluding hydrogens is 244 g/mol. The summed E-state index contributed by atoms with van der Waals surface area (Å²) in [5.74, 6) is -0.967. The molecule has 1 atom stereocenters. The summed E-state index contributed by atoms with van der Waals surface area (Å²) in [7, 11) is 0. The molecule has 5 heteroatoms. The maximum atomic E-state index is 12.1. The SMILES string of the molecule is O=C(O)C1CCCCN1C(=O)CCc1cccnc1. The number of hydrogen-bond acceptors (Lipinski definition) is 3. The minimum absolute atomic E-state index is 0.0732. The highest BCUT2D eigenvalue weighted by Crippen LogP contribution is 2.18. The predicted molar refractivity (Wildman–Crippen MR) is 69.5 cm³/mol. The molecule has 0 spiro atoms. The number of amides is 1. The third kappa shape index (κ3) is 3.53. The maximum Gasteiger partial charge on any atom is 0.326 e. The highest BCUT2D eigenvalue weighted by molar-refractivity contribution is 5.84. The molecule has 0 radical (unpaired) electrons. The fraction of sp³-hybridized carbons (Fsp3) is 0.500. The number of rotatable bonds is 4. The van der Waals surface area contributed by atoms with Crippen molar-refractivity contribution in [3.05, 3.63) is 30.1 Å². The standard InChI is InChI=1S/C14H18N2O3/c17-13(7-6-11-4-3-8-15-10-11)16-9-2-1-5-12(16)14(18)19/h3-4,8,10,12H,1-2,5-7,9H2,(H,18,19). The Kier molecular flexibility index (Phi) is 4.49. The Bertz CT molecular complexity index is 447. The fourth-order valence-electron chi connectivity index (χ4n) is 2.43. The van der Waals surface area contributed by atoms with Crippen molar-refractivity contribution in [2.24, 2.45) is 0 Å². The Morgan fingerprint density at radius 3 is 2.95 bits per heavy atom. The fourth-order valence-corrected chi connectivity index (χ4v) is 2.43. The first-order valence-corrected chi connectivity index (χ1v) is 6.59. The van der Waals surface area contributed by atoms with E-state index in [1.807, 2.05) is 12.1 Å². The number of aliphatic carboxylic acids is 1. The van der Waals surface area contributed by atoms with E-state index in [1.54, 1.807) is 12.4 Å². The van der Waals surface area contributed by atoms with E-state index in [9.17, 15) is 9.59 Å². The van der Waals surface area contributed by atoms with Gasteiger partial charge in [0.2, 0.25) is 5.91 Å². The summed E-state index contributed by atoms with van der Waals surface area (Å²) in [4.78, 5) is 28.8. The van der Waals surface area contributed by atoms with Gasteiger partial charge in [0, 0.05) is 25.4 Å². The lowest BCUT2D eigenvalue weighted by atomic mass is 10.0. The van der Waals surface area contributed by atoms with Gasteiger partial charge < -0.3 is 10.0 Å². The Labute approximate surface area is 112 Å². The highest BCUT2D eigenvalue weighted by Gasteiger charge is 2.31. The number of carboxylic acid groups (broad SMARTS) is 1. The molecule has 2 rings (SSSR count). The summed E-state index contributed by atoms with van der Waals surface area (Å²) >= 11 is 0. The minimum atomic E-state index is -0.894. The van der Waals surface area contributed by atoms with Gasteiger partial charge in [0.1, 0.15) is 6.04 Å². The Balaban J connectivity index is 1.93. The number of carbonyl (C=O) groups is 2. The summed E-state index contributed by atoms with van der Waals surface area (Å²) in [5, 5.41) is 9.14. The molecule has 1 aromatic heterocycles. The van der Waals surface area contributed by atoms with Crippen molar-refractivity contribution in [3.63, 3.8) is 0 Å². The van der Waals surface area contributed by atoms with Crippen molar-refractivity contribution in [2.45, 2.75) is 38.1 Å². The lowest BCUT2D eigenvalue weighted by molar-refractivity contribution is -0.152. The molecular formula is C14H18N2O3. The zero-order valence-electron chi connectivity index (χ0n) is 10.8. The van der Waals surface area contributed by atoms with Crippen LogP contribution in [0.3, 0.4) is 0 Å². The smallest absolute Gasteiger partial charge is 0.326 e. The molecule has 0 aromatic carbocycles. The van der Waals surface area contributed by atoms with E-state index in [2.05, 4.69) is 4.98 Å². The number of pyridine rings is 1. The number of hydrogen-bond donors (Lipinski definition) is 1. The Hall–Kier alpha value is -1.91. The first kappa shape index (κ1) is 13.5. The van der Waals surface area contributed by atoms with Gasteiger partial charge in [-0.2, -0.15) is 0 Å². The molecule has 19 heavy (non-hydrogen) atoms. The van der Waals surface area contributed by atoms with E-state index in [-0.39, 0.29) is 5.91 Å². The van der Waals surface area contributed by atoms with Crippen molar-refractivity contribution < 1.29 is 14.7 Å². The number of piperidine rings is 1. The largest absolute Gasteiger partial charge is 0.480 e. The van der Waals surface area contributed by atoms with Crippen molar-refractivity contribution in [2.75, 3.05) is 6.54 Å². The summed E-state index contributed by atoms with van der Waals surface area (Å²) in [5.41, 5.74) is 1.000. The van der Waals surface area contributed by atoms with Crippen molar-refractivity contribution in [1.29, 1.82) is 0 Å². The third-order valence-corrected chi connectivity index (χ3v) is 3.46. The van der Waals surface area contributed by atoms with E-state index in [0.29, 0.717) is 25.8 Å². The van der Waals surface area contributed by atoms with Crippen LogP contribution in [0.15, 0.2) is 24.5 Å². The highest BCUT2D eigenvalue weighted by atomic mass is 16.4. The molecule has 2 heterocycles. The zero-order chi connectivity index (χ0) is 13.7. The van der Waals surface area contributed by atoms with Crippen LogP contribution in [0.1, 0.15) is 31.2 Å². The van der Waals surface area contributed by atoms with Gasteiger partial charge in [-0.1, -0.05) is 6.07 Å². The molecule has 1 aromatic rings. The van der Waals surface area contributed by atoms with Crippen LogP contribution in [0.25, 0.3) is 0 Å². The van der Waals surface area contributed by atoms with E-state index >= 15 is 0 Å². The van der Waals surface area contributed by atoms with Gasteiger partial charge in [-0.25, -0.2) is 4.79 Å². The van der Waals surface area contributed by atoms with Gasteiger partial charge in [0.05, 0.1) is 0 Å². The van der Waals surface area contributed by atoms with E-state index < -0.39 is 12.0 Å². The molecule has 1 saturated heterocycles. The lowest BCUT2D eigenvalue weighted by Gasteiger charge is -2.33. The minimum Gasteiger partial charge on any atom is -0.480 e. The summed E-state index contributed by atoms with van der Waals surface area (Å²) < 4.78 is 0. The van der Waals surface area contributed by atoms with Crippen molar-refractivity contribution in [1.82, 2.24) is 9.88 Å². The van der Waals surface area contributed by atoms with Crippen LogP contribution in [0.2, 0.25) is 0 Å². The van der Waals surface area contributed by atoms with Crippen LogP contribution >= 0.6 is 0 Å². The third-order valence-electron chi connectivity index (χ3n) is 3.46. The molecule has 0 saturated carbocycles. The number of aromatic nitrogens is 1. The zero-order valence-corrected chi connectivity index (χ0v) is 10.8. The Morgan fingerprint density at radius 2 is 2.26 bits per heavy atom. The molecule has 1 unspecified atom stereocenters. The first-order valence-electron chi connectivity index (χ1n) is 6.59. The van der Waals surface area contributed by atoms with Gasteiger partial charge in [-0.05, 0) is 37.3 Å². The van der Waals surface area contributed by atoms with Gasteiger partial charge in [0.15, 0.2) is 0 Å². The molecule has 102 valence electrons. The average molecular weight is 262 g/mol. The topological polar surface area (TPSA) is 70.5 Å². The van der Waals surface area contributed by atoms with Gasteiger partial charge in [-0.3, -0.25) is 9.78 Å². The van der Waals surface area contributed by atoms with Crippen LogP contribution in [-0.2, 0) is 16.0 Å². The molecule has 0 bridgehead atoms. The summed E-state index contributed by atoms with van der Waals surface area (Å²) in [6.45, 7) is 0.558. The number of likely N-dealkylation sites (tertiary alicyclic amines) is 1. The van der Waals surface area contributed by atoms with Gasteiger partial charge in [0.25, 0.3) is 0 Å². The second-order valence-corrected chi connectivity index (χ2v) is 4.80. The number of carboxylic acids is 1. The molecule has 1 fully saturated rings. The maximum absolute atomic E-state index is 12.1. The quantitative estimate of drug-likeness (QED) is 0.892. The summed E-state index contributed by atoms with van der Waals surface area (Å²) in [6.07, 6.45) is 6.71. The molecule has 1 aliphatic rings. The predicted octanol–water partition coefficient (Wildman–Crippen LogP) is 1.48. The van der Waals surface area contributed by atoms with Gasteiger partial charge in [-0.15, -0.1) is 0 Å². The van der Waals surface area contributed by atoms with Crippen molar-refractivity contribution >= 4 is 11.9 Å². The second-order valence-electron chi connectivity index (χ2n) is 4.80. The molecule has 1 N–H and O–H groups in total. The van der Waals surface area contributed by atoms with E-state index in [0.717, 1.165) is 18.4 Å². The van der Waals surface area contributed by atoms with Crippen LogP contribution in [0, 0.1) is 0 Å². The molecule has 5 nitrogen and oxygen atoms in total. The van der Waals surface area contributed by atoms with Gasteiger partial charge >= 0.3 is 5.97 Å². The summed E-state index contributed by atoms with van der Waals surface area (Å²) in [6, 6.07) is 3.11. The molecule has 0 aliphatic carbocycles. The first-order chi connectivity index (χ1) is 9.18. The van der Waals surface area contributed by atoms with E-state index in [1.165, 1.54) is 4.90 Å².